The van der Waals surface area contributed by atoms with E-state index in [1.165, 1.54) is 25.9 Å². The molecule has 0 spiro atoms. The van der Waals surface area contributed by atoms with Gasteiger partial charge in [-0.2, -0.15) is 12.6 Å². The van der Waals surface area contributed by atoms with Crippen LogP contribution in [0.15, 0.2) is 0 Å². The van der Waals surface area contributed by atoms with Gasteiger partial charge in [0.2, 0.25) is 0 Å². The van der Waals surface area contributed by atoms with E-state index in [9.17, 15) is 0 Å². The van der Waals surface area contributed by atoms with Gasteiger partial charge in [-0.25, -0.2) is 0 Å². The topological polar surface area (TPSA) is 12.5 Å². The van der Waals surface area contributed by atoms with Crippen molar-refractivity contribution >= 4 is 12.6 Å². The Bertz CT molecular complexity index is 185. The number of hydrogen-bond donors (Lipinski definition) is 1. The highest BCUT2D eigenvalue weighted by molar-refractivity contribution is 7.80. The van der Waals surface area contributed by atoms with E-state index in [0.29, 0.717) is 12.0 Å². The van der Waals surface area contributed by atoms with Gasteiger partial charge in [0.25, 0.3) is 0 Å². The zero-order chi connectivity index (χ0) is 12.0. The van der Waals surface area contributed by atoms with Crippen LogP contribution in [-0.4, -0.2) is 43.0 Å². The number of hydrogen-bond acceptors (Lipinski definition) is 3. The normalized spacial score (nSPS) is 24.9. The van der Waals surface area contributed by atoms with Crippen LogP contribution in [0.25, 0.3) is 0 Å². The third-order valence-electron chi connectivity index (χ3n) is 3.53. The standard InChI is InChI=1S/C13H27NOS/c1-4-15-13-6-5-7-14(9-13)8-12(10-16)11(2)3/h11-13,16H,4-10H2,1-3H3. The molecule has 0 N–H and O–H groups in total. The van der Waals surface area contributed by atoms with Gasteiger partial charge in [-0.05, 0) is 43.9 Å². The van der Waals surface area contributed by atoms with Crippen molar-refractivity contribution in [2.45, 2.75) is 39.7 Å². The summed E-state index contributed by atoms with van der Waals surface area (Å²) in [4.78, 5) is 2.56. The summed E-state index contributed by atoms with van der Waals surface area (Å²) in [5.74, 6) is 2.43. The number of nitrogens with zero attached hydrogens (tertiary/aromatic N) is 1. The fraction of sp³-hybridized carbons (Fsp3) is 1.00. The Morgan fingerprint density at radius 3 is 2.75 bits per heavy atom. The average Bonchev–Trinajstić information content (AvgIpc) is 2.26. The van der Waals surface area contributed by atoms with Gasteiger partial charge in [0.1, 0.15) is 0 Å². The van der Waals surface area contributed by atoms with Crippen molar-refractivity contribution < 1.29 is 4.74 Å². The Morgan fingerprint density at radius 2 is 2.19 bits per heavy atom. The molecule has 2 unspecified atom stereocenters. The summed E-state index contributed by atoms with van der Waals surface area (Å²) in [5.41, 5.74) is 0. The maximum atomic E-state index is 5.73. The molecule has 0 aromatic rings. The molecule has 1 rings (SSSR count). The summed E-state index contributed by atoms with van der Waals surface area (Å²) in [6, 6.07) is 0. The van der Waals surface area contributed by atoms with Crippen LogP contribution in [0.1, 0.15) is 33.6 Å². The van der Waals surface area contributed by atoms with Gasteiger partial charge in [-0.1, -0.05) is 13.8 Å². The molecule has 1 heterocycles. The predicted octanol–water partition coefficient (Wildman–Crippen LogP) is 2.69. The largest absolute Gasteiger partial charge is 0.377 e. The molecule has 16 heavy (non-hydrogen) atoms. The Morgan fingerprint density at radius 1 is 1.44 bits per heavy atom. The average molecular weight is 245 g/mol. The van der Waals surface area contributed by atoms with Gasteiger partial charge in [-0.15, -0.1) is 0 Å². The lowest BCUT2D eigenvalue weighted by Crippen LogP contribution is -2.43. The van der Waals surface area contributed by atoms with E-state index in [4.69, 9.17) is 4.74 Å². The van der Waals surface area contributed by atoms with E-state index in [1.807, 2.05) is 0 Å². The van der Waals surface area contributed by atoms with Crippen LogP contribution in [0.2, 0.25) is 0 Å². The minimum Gasteiger partial charge on any atom is -0.377 e. The molecule has 0 bridgehead atoms. The van der Waals surface area contributed by atoms with E-state index in [2.05, 4.69) is 38.3 Å². The van der Waals surface area contributed by atoms with Crippen molar-refractivity contribution in [3.05, 3.63) is 0 Å². The molecule has 1 fully saturated rings. The lowest BCUT2D eigenvalue weighted by atomic mass is 9.96. The van der Waals surface area contributed by atoms with Gasteiger partial charge < -0.3 is 9.64 Å². The van der Waals surface area contributed by atoms with Crippen LogP contribution < -0.4 is 0 Å². The van der Waals surface area contributed by atoms with E-state index < -0.39 is 0 Å². The zero-order valence-electron chi connectivity index (χ0n) is 11.0. The highest BCUT2D eigenvalue weighted by atomic mass is 32.1. The molecule has 1 saturated heterocycles. The van der Waals surface area contributed by atoms with Gasteiger partial charge in [0.15, 0.2) is 0 Å². The van der Waals surface area contributed by atoms with Gasteiger partial charge >= 0.3 is 0 Å². The Labute approximate surface area is 106 Å². The maximum absolute atomic E-state index is 5.73. The second kappa shape index (κ2) is 7.57. The van der Waals surface area contributed by atoms with Crippen molar-refractivity contribution in [2.24, 2.45) is 11.8 Å². The second-order valence-electron chi connectivity index (χ2n) is 5.17. The van der Waals surface area contributed by atoms with E-state index >= 15 is 0 Å². The second-order valence-corrected chi connectivity index (χ2v) is 5.53. The Kier molecular flexibility index (Phi) is 6.78. The van der Waals surface area contributed by atoms with Crippen LogP contribution >= 0.6 is 12.6 Å². The van der Waals surface area contributed by atoms with Crippen LogP contribution in [0.3, 0.4) is 0 Å². The van der Waals surface area contributed by atoms with Crippen molar-refractivity contribution in [1.29, 1.82) is 0 Å². The molecule has 3 heteroatoms. The number of piperidine rings is 1. The molecule has 0 amide bonds. The molecule has 0 radical (unpaired) electrons. The number of rotatable bonds is 6. The fourth-order valence-electron chi connectivity index (χ4n) is 2.36. The highest BCUT2D eigenvalue weighted by Gasteiger charge is 2.23. The molecule has 0 aromatic heterocycles. The molecule has 1 aliphatic rings. The van der Waals surface area contributed by atoms with Crippen LogP contribution in [0, 0.1) is 11.8 Å². The molecular formula is C13H27NOS. The van der Waals surface area contributed by atoms with E-state index in [1.54, 1.807) is 0 Å². The monoisotopic (exact) mass is 245 g/mol. The van der Waals surface area contributed by atoms with Crippen LogP contribution in [0.5, 0.6) is 0 Å². The summed E-state index contributed by atoms with van der Waals surface area (Å²) in [6.07, 6.45) is 2.98. The third-order valence-corrected chi connectivity index (χ3v) is 4.00. The molecule has 0 aliphatic carbocycles. The Hall–Kier alpha value is 0.270. The molecule has 2 atom stereocenters. The smallest absolute Gasteiger partial charge is 0.0702 e. The van der Waals surface area contributed by atoms with Crippen molar-refractivity contribution in [1.82, 2.24) is 4.90 Å². The predicted molar refractivity (Wildman–Crippen MR) is 73.3 cm³/mol. The first-order chi connectivity index (χ1) is 7.67. The summed E-state index contributed by atoms with van der Waals surface area (Å²) in [5, 5.41) is 0. The van der Waals surface area contributed by atoms with Crippen LogP contribution in [0.4, 0.5) is 0 Å². The van der Waals surface area contributed by atoms with Crippen molar-refractivity contribution in [3.63, 3.8) is 0 Å². The summed E-state index contributed by atoms with van der Waals surface area (Å²) in [6.45, 7) is 11.1. The quantitative estimate of drug-likeness (QED) is 0.722. The zero-order valence-corrected chi connectivity index (χ0v) is 11.9. The molecular weight excluding hydrogens is 218 g/mol. The van der Waals surface area contributed by atoms with Gasteiger partial charge in [0.05, 0.1) is 6.10 Å². The summed E-state index contributed by atoms with van der Waals surface area (Å²) >= 11 is 4.46. The highest BCUT2D eigenvalue weighted by Crippen LogP contribution is 2.19. The minimum absolute atomic E-state index is 0.464. The fourth-order valence-corrected chi connectivity index (χ4v) is 2.90. The first-order valence-corrected chi connectivity index (χ1v) is 7.25. The van der Waals surface area contributed by atoms with Crippen molar-refractivity contribution in [2.75, 3.05) is 32.0 Å². The first kappa shape index (κ1) is 14.3. The van der Waals surface area contributed by atoms with Gasteiger partial charge in [0, 0.05) is 19.7 Å². The molecule has 96 valence electrons. The number of likely N-dealkylation sites (tertiary alicyclic amines) is 1. The minimum atomic E-state index is 0.464. The number of ether oxygens (including phenoxy) is 1. The summed E-state index contributed by atoms with van der Waals surface area (Å²) < 4.78 is 5.73. The number of thiol groups is 1. The molecule has 2 nitrogen and oxygen atoms in total. The summed E-state index contributed by atoms with van der Waals surface area (Å²) in [7, 11) is 0. The molecule has 0 saturated carbocycles. The first-order valence-electron chi connectivity index (χ1n) is 6.62. The maximum Gasteiger partial charge on any atom is 0.0702 e. The van der Waals surface area contributed by atoms with Crippen molar-refractivity contribution in [3.8, 4) is 0 Å². The Balaban J connectivity index is 2.35. The third kappa shape index (κ3) is 4.64. The molecule has 0 aromatic carbocycles. The van der Waals surface area contributed by atoms with Crippen LogP contribution in [-0.2, 0) is 4.74 Å². The SMILES string of the molecule is CCOC1CCCN(CC(CS)C(C)C)C1. The molecule has 1 aliphatic heterocycles. The van der Waals surface area contributed by atoms with E-state index in [0.717, 1.165) is 24.8 Å². The van der Waals surface area contributed by atoms with Gasteiger partial charge in [-0.3, -0.25) is 0 Å². The van der Waals surface area contributed by atoms with E-state index in [-0.39, 0.29) is 0 Å². The lowest BCUT2D eigenvalue weighted by Gasteiger charge is -2.35. The lowest BCUT2D eigenvalue weighted by molar-refractivity contribution is 0.000981.